The average Bonchev–Trinajstić information content (AvgIpc) is 3.03. The summed E-state index contributed by atoms with van der Waals surface area (Å²) in [6, 6.07) is 7.96. The van der Waals surface area contributed by atoms with Gasteiger partial charge in [-0.2, -0.15) is 0 Å². The zero-order valence-corrected chi connectivity index (χ0v) is 28.3. The predicted molar refractivity (Wildman–Crippen MR) is 188 cm³/mol. The number of ether oxygens (including phenoxy) is 1. The lowest BCUT2D eigenvalue weighted by atomic mass is 9.72. The summed E-state index contributed by atoms with van der Waals surface area (Å²) in [6.07, 6.45) is 21.9. The number of aromatic nitrogens is 1. The first-order valence-electron chi connectivity index (χ1n) is 16.6. The maximum atomic E-state index is 11.2. The van der Waals surface area contributed by atoms with Gasteiger partial charge in [-0.05, 0) is 112 Å². The molecular weight excluding hydrogens is 556 g/mol. The van der Waals surface area contributed by atoms with Crippen molar-refractivity contribution in [2.75, 3.05) is 26.8 Å². The Morgan fingerprint density at radius 2 is 2.00 bits per heavy atom. The largest absolute Gasteiger partial charge is 0.497 e. The predicted octanol–water partition coefficient (Wildman–Crippen LogP) is 8.68. The van der Waals surface area contributed by atoms with Crippen molar-refractivity contribution in [1.29, 1.82) is 0 Å². The Labute approximate surface area is 271 Å². The molecule has 2 bridgehead atoms. The van der Waals surface area contributed by atoms with Crippen molar-refractivity contribution >= 4 is 10.9 Å². The highest BCUT2D eigenvalue weighted by molar-refractivity contribution is 5.84. The van der Waals surface area contributed by atoms with Gasteiger partial charge in [-0.15, -0.1) is 6.58 Å². The molecule has 1 aliphatic carbocycles. The third-order valence-electron chi connectivity index (χ3n) is 10.0. The van der Waals surface area contributed by atoms with Crippen molar-refractivity contribution in [3.63, 3.8) is 0 Å². The van der Waals surface area contributed by atoms with Gasteiger partial charge in [-0.1, -0.05) is 73.1 Å². The van der Waals surface area contributed by atoms with Crippen LogP contribution in [-0.4, -0.2) is 52.9 Å². The van der Waals surface area contributed by atoms with Gasteiger partial charge in [0.2, 0.25) is 0 Å². The minimum atomic E-state index is -0.504. The van der Waals surface area contributed by atoms with Gasteiger partial charge >= 0.3 is 0 Å². The molecule has 2 aromatic rings. The molecule has 4 aliphatic rings. The van der Waals surface area contributed by atoms with E-state index >= 15 is 0 Å². The van der Waals surface area contributed by atoms with Crippen LogP contribution < -0.4 is 4.74 Å². The molecule has 0 saturated carbocycles. The molecule has 1 aromatic heterocycles. The van der Waals surface area contributed by atoms with Crippen LogP contribution in [-0.2, 0) is 0 Å². The smallest absolute Gasteiger partial charge is 0.119 e. The van der Waals surface area contributed by atoms with E-state index < -0.39 is 6.10 Å². The summed E-state index contributed by atoms with van der Waals surface area (Å²) < 4.78 is 5.35. The second-order valence-electron chi connectivity index (χ2n) is 13.6. The Bertz CT molecular complexity index is 1480. The summed E-state index contributed by atoms with van der Waals surface area (Å²) in [5, 5.41) is 20.9. The van der Waals surface area contributed by atoms with Gasteiger partial charge in [0, 0.05) is 24.2 Å². The number of piperidine rings is 3. The van der Waals surface area contributed by atoms with Crippen LogP contribution in [0.15, 0.2) is 102 Å². The van der Waals surface area contributed by atoms with Crippen molar-refractivity contribution < 1.29 is 14.9 Å². The molecule has 0 radical (unpaired) electrons. The molecule has 5 nitrogen and oxygen atoms in total. The van der Waals surface area contributed by atoms with Crippen LogP contribution in [0.2, 0.25) is 0 Å². The van der Waals surface area contributed by atoms with E-state index in [9.17, 15) is 5.11 Å². The lowest BCUT2D eigenvalue weighted by Crippen LogP contribution is -2.54. The highest BCUT2D eigenvalue weighted by Crippen LogP contribution is 2.43. The maximum Gasteiger partial charge on any atom is 0.119 e. The zero-order valence-electron chi connectivity index (χ0n) is 28.3. The quantitative estimate of drug-likeness (QED) is 0.220. The van der Waals surface area contributed by atoms with Crippen LogP contribution in [0.5, 0.6) is 5.75 Å². The lowest BCUT2D eigenvalue weighted by molar-refractivity contribution is -0.0444. The number of aliphatic hydroxyl groups is 2. The number of methoxy groups -OCH3 is 1. The fraction of sp³-hybridized carbons (Fsp3) is 0.475. The molecular formula is C40H54N2O3. The molecule has 4 heterocycles. The van der Waals surface area contributed by atoms with Crippen molar-refractivity contribution in [1.82, 2.24) is 9.88 Å². The molecule has 3 saturated heterocycles. The summed E-state index contributed by atoms with van der Waals surface area (Å²) in [6.45, 7) is 17.2. The number of fused-ring (bicyclic) bond motifs is 4. The van der Waals surface area contributed by atoms with Gasteiger partial charge in [-0.25, -0.2) is 0 Å². The summed E-state index contributed by atoms with van der Waals surface area (Å²) in [5.74, 6) is 2.01. The number of hydrogen-bond acceptors (Lipinski definition) is 5. The summed E-state index contributed by atoms with van der Waals surface area (Å²) in [5.41, 5.74) is 7.51. The molecule has 5 atom stereocenters. The van der Waals surface area contributed by atoms with Crippen LogP contribution in [0.4, 0.5) is 0 Å². The monoisotopic (exact) mass is 610 g/mol. The van der Waals surface area contributed by atoms with E-state index in [2.05, 4.69) is 68.5 Å². The van der Waals surface area contributed by atoms with Gasteiger partial charge < -0.3 is 14.9 Å². The molecule has 1 unspecified atom stereocenters. The van der Waals surface area contributed by atoms with Gasteiger partial charge in [0.25, 0.3) is 0 Å². The minimum absolute atomic E-state index is 0.0985. The second-order valence-corrected chi connectivity index (χ2v) is 13.6. The van der Waals surface area contributed by atoms with Gasteiger partial charge in [0.1, 0.15) is 5.75 Å². The van der Waals surface area contributed by atoms with Crippen molar-refractivity contribution in [2.24, 2.45) is 17.3 Å². The topological polar surface area (TPSA) is 65.8 Å². The van der Waals surface area contributed by atoms with Gasteiger partial charge in [-0.3, -0.25) is 9.88 Å². The second kappa shape index (κ2) is 15.8. The van der Waals surface area contributed by atoms with Gasteiger partial charge in [0.05, 0.1) is 25.3 Å². The maximum absolute atomic E-state index is 11.2. The van der Waals surface area contributed by atoms with Crippen LogP contribution >= 0.6 is 0 Å². The standard InChI is InChI=1S/C20H24N2O2.C20H30O/c1-3-13-12-22-9-7-14(13)10-19(22)20(23)16-6-8-21-18-5-4-15(24-2)11-17(16)18;1-16(8-6-9-17(2)13-15-21)11-12-19-18(3)10-7-14-20(19,4)5/h3-6,8,11,13-14,19-20,23H,1,7,9-10,12H2,2H3;6,8-9,11-13,21H,7,10,14-15H2,1-5H3/b;9-6+,12-11+,16-8+,17-13+/t13-,14-,19+,20-;/m0./s1. The fourth-order valence-electron chi connectivity index (χ4n) is 7.29. The lowest BCUT2D eigenvalue weighted by Gasteiger charge is -2.50. The first-order chi connectivity index (χ1) is 21.6. The summed E-state index contributed by atoms with van der Waals surface area (Å²) in [7, 11) is 1.66. The van der Waals surface area contributed by atoms with E-state index in [1.54, 1.807) is 19.4 Å². The van der Waals surface area contributed by atoms with E-state index in [1.807, 2.05) is 43.3 Å². The van der Waals surface area contributed by atoms with Crippen molar-refractivity contribution in [3.05, 3.63) is 107 Å². The Morgan fingerprint density at radius 1 is 1.20 bits per heavy atom. The highest BCUT2D eigenvalue weighted by Gasteiger charge is 2.42. The molecule has 1 aromatic carbocycles. The Morgan fingerprint density at radius 3 is 2.67 bits per heavy atom. The first-order valence-corrected chi connectivity index (χ1v) is 16.6. The Balaban J connectivity index is 0.000000207. The number of benzene rings is 1. The molecule has 0 amide bonds. The van der Waals surface area contributed by atoms with E-state index in [0.29, 0.717) is 17.3 Å². The number of allylic oxidation sites excluding steroid dienone is 9. The van der Waals surface area contributed by atoms with E-state index in [-0.39, 0.29) is 12.6 Å². The fourth-order valence-corrected chi connectivity index (χ4v) is 7.29. The van der Waals surface area contributed by atoms with Crippen molar-refractivity contribution in [3.8, 4) is 5.75 Å². The third-order valence-corrected chi connectivity index (χ3v) is 10.0. The molecule has 3 aliphatic heterocycles. The molecule has 3 fully saturated rings. The zero-order chi connectivity index (χ0) is 32.6. The summed E-state index contributed by atoms with van der Waals surface area (Å²) >= 11 is 0. The number of aliphatic hydroxyl groups excluding tert-OH is 2. The van der Waals surface area contributed by atoms with Gasteiger partial charge in [0.15, 0.2) is 0 Å². The molecule has 45 heavy (non-hydrogen) atoms. The number of rotatable bonds is 9. The highest BCUT2D eigenvalue weighted by atomic mass is 16.5. The normalized spacial score (nSPS) is 25.9. The molecule has 0 spiro atoms. The molecule has 2 N–H and O–H groups in total. The number of hydrogen-bond donors (Lipinski definition) is 2. The molecule has 6 rings (SSSR count). The van der Waals surface area contributed by atoms with Crippen LogP contribution in [0.3, 0.4) is 0 Å². The van der Waals surface area contributed by atoms with Crippen LogP contribution in [0.1, 0.15) is 78.4 Å². The minimum Gasteiger partial charge on any atom is -0.497 e. The van der Waals surface area contributed by atoms with Crippen LogP contribution in [0.25, 0.3) is 10.9 Å². The molecule has 5 heteroatoms. The van der Waals surface area contributed by atoms with Crippen LogP contribution in [0, 0.1) is 17.3 Å². The van der Waals surface area contributed by atoms with E-state index in [4.69, 9.17) is 9.84 Å². The molecule has 242 valence electrons. The van der Waals surface area contributed by atoms with E-state index in [1.165, 1.54) is 42.4 Å². The number of pyridine rings is 1. The van der Waals surface area contributed by atoms with Crippen molar-refractivity contribution in [2.45, 2.75) is 78.9 Å². The third kappa shape index (κ3) is 8.72. The van der Waals surface area contributed by atoms with E-state index in [0.717, 1.165) is 47.3 Å². The Hall–Kier alpha value is -3.25. The number of nitrogens with zero attached hydrogens (tertiary/aromatic N) is 2. The summed E-state index contributed by atoms with van der Waals surface area (Å²) in [4.78, 5) is 6.86. The Kier molecular flexibility index (Phi) is 12.2. The first kappa shape index (κ1) is 34.6. The SMILES string of the molecule is C=C[C@H]1CN2CC[C@H]1C[C@@H]2[C@@H](O)c1ccnc2ccc(OC)cc12.CC1=C(/C=C/C(C)=C/C=C/C(C)=C/CO)C(C)(C)CCC1. The average molecular weight is 611 g/mol.